The first-order valence-corrected chi connectivity index (χ1v) is 4.55. The maximum absolute atomic E-state index is 10.7. The Kier molecular flexibility index (Phi) is 3.95. The van der Waals surface area contributed by atoms with E-state index in [-0.39, 0.29) is 17.8 Å². The fraction of sp³-hybridized carbons (Fsp3) is 0.571. The molecular formula is C7H12N8O. The average Bonchev–Trinajstić information content (AvgIpc) is 2.22. The van der Waals surface area contributed by atoms with Crippen molar-refractivity contribution in [2.45, 2.75) is 26.2 Å². The summed E-state index contributed by atoms with van der Waals surface area (Å²) in [6.45, 7) is 3.78. The van der Waals surface area contributed by atoms with Crippen LogP contribution in [-0.2, 0) is 4.79 Å². The van der Waals surface area contributed by atoms with E-state index in [0.29, 0.717) is 6.29 Å². The lowest BCUT2D eigenvalue weighted by atomic mass is 10.4. The SMILES string of the molecule is CC(C)NC1N=C(N=[N+]=[N-])N=C(C=O)N1N. The van der Waals surface area contributed by atoms with Crippen molar-refractivity contribution in [3.05, 3.63) is 10.4 Å². The Morgan fingerprint density at radius 1 is 1.75 bits per heavy atom. The number of aliphatic imine (C=N–C) groups is 2. The third-order valence-electron chi connectivity index (χ3n) is 1.70. The molecule has 0 bridgehead atoms. The Balaban J connectivity index is 2.98. The molecule has 0 aromatic carbocycles. The molecule has 1 aliphatic rings. The Morgan fingerprint density at radius 2 is 2.44 bits per heavy atom. The predicted octanol–water partition coefficient (Wildman–Crippen LogP) is -0.279. The molecule has 86 valence electrons. The molecule has 0 fully saturated rings. The highest BCUT2D eigenvalue weighted by molar-refractivity contribution is 6.29. The van der Waals surface area contributed by atoms with Gasteiger partial charge in [0.25, 0.3) is 0 Å². The molecule has 0 aromatic rings. The molecule has 0 amide bonds. The van der Waals surface area contributed by atoms with E-state index < -0.39 is 6.29 Å². The number of hydrazine groups is 1. The molecule has 1 unspecified atom stereocenters. The largest absolute Gasteiger partial charge is 0.294 e. The lowest BCUT2D eigenvalue weighted by Crippen LogP contribution is -2.56. The van der Waals surface area contributed by atoms with Crippen LogP contribution in [0.3, 0.4) is 0 Å². The highest BCUT2D eigenvalue weighted by atomic mass is 16.1. The molecule has 0 radical (unpaired) electrons. The lowest BCUT2D eigenvalue weighted by Gasteiger charge is -2.29. The molecule has 1 aliphatic heterocycles. The molecule has 1 heterocycles. The number of nitrogens with zero attached hydrogens (tertiary/aromatic N) is 6. The number of carbonyl (C=O) groups is 1. The van der Waals surface area contributed by atoms with Crippen LogP contribution in [0, 0.1) is 0 Å². The third-order valence-corrected chi connectivity index (χ3v) is 1.70. The summed E-state index contributed by atoms with van der Waals surface area (Å²) in [7, 11) is 0. The molecule has 0 spiro atoms. The molecule has 3 N–H and O–H groups in total. The standard InChI is InChI=1S/C7H12N8O/c1-4(2)10-7-12-6(13-14-8)11-5(3-16)15(7)9/h3-4,7,10H,9H2,1-2H3. The number of aldehydes is 1. The van der Waals surface area contributed by atoms with Crippen molar-refractivity contribution < 1.29 is 4.79 Å². The molecule has 9 nitrogen and oxygen atoms in total. The van der Waals surface area contributed by atoms with E-state index in [9.17, 15) is 4.79 Å². The number of nitrogens with one attached hydrogen (secondary N) is 1. The van der Waals surface area contributed by atoms with Gasteiger partial charge in [0.15, 0.2) is 18.4 Å². The maximum atomic E-state index is 10.7. The van der Waals surface area contributed by atoms with Crippen LogP contribution >= 0.6 is 0 Å². The second-order valence-corrected chi connectivity index (χ2v) is 3.31. The van der Waals surface area contributed by atoms with E-state index in [1.54, 1.807) is 0 Å². The van der Waals surface area contributed by atoms with Crippen LogP contribution in [0.5, 0.6) is 0 Å². The highest BCUT2D eigenvalue weighted by Crippen LogP contribution is 2.04. The zero-order valence-corrected chi connectivity index (χ0v) is 8.90. The number of carbonyl (C=O) groups excluding carboxylic acids is 1. The van der Waals surface area contributed by atoms with Gasteiger partial charge in [-0.3, -0.25) is 15.1 Å². The quantitative estimate of drug-likeness (QED) is 0.224. The molecule has 16 heavy (non-hydrogen) atoms. The van der Waals surface area contributed by atoms with E-state index in [4.69, 9.17) is 11.4 Å². The van der Waals surface area contributed by atoms with Crippen molar-refractivity contribution in [2.24, 2.45) is 20.9 Å². The number of rotatable bonds is 3. The van der Waals surface area contributed by atoms with Gasteiger partial charge in [-0.1, -0.05) is 0 Å². The van der Waals surface area contributed by atoms with E-state index >= 15 is 0 Å². The summed E-state index contributed by atoms with van der Waals surface area (Å²) < 4.78 is 0. The number of hydrogen-bond donors (Lipinski definition) is 2. The zero-order valence-electron chi connectivity index (χ0n) is 8.90. The second-order valence-electron chi connectivity index (χ2n) is 3.31. The third kappa shape index (κ3) is 2.76. The van der Waals surface area contributed by atoms with Gasteiger partial charge in [-0.15, -0.1) is 0 Å². The van der Waals surface area contributed by atoms with Gasteiger partial charge in [0.05, 0.1) is 0 Å². The van der Waals surface area contributed by atoms with Gasteiger partial charge in [-0.25, -0.2) is 15.8 Å². The molecule has 0 saturated heterocycles. The molecule has 0 aliphatic carbocycles. The maximum Gasteiger partial charge on any atom is 0.217 e. The summed E-state index contributed by atoms with van der Waals surface area (Å²) in [5.41, 5.74) is 8.27. The molecule has 9 heteroatoms. The molecule has 0 aromatic heterocycles. The van der Waals surface area contributed by atoms with Gasteiger partial charge < -0.3 is 0 Å². The predicted molar refractivity (Wildman–Crippen MR) is 58.2 cm³/mol. The van der Waals surface area contributed by atoms with Crippen LogP contribution in [0.2, 0.25) is 0 Å². The molecular weight excluding hydrogens is 212 g/mol. The van der Waals surface area contributed by atoms with Gasteiger partial charge in [0.2, 0.25) is 5.96 Å². The minimum Gasteiger partial charge on any atom is -0.294 e. The fourth-order valence-electron chi connectivity index (χ4n) is 1.08. The normalized spacial score (nSPS) is 20.0. The summed E-state index contributed by atoms with van der Waals surface area (Å²) in [6, 6.07) is 0.0955. The molecule has 1 atom stereocenters. The van der Waals surface area contributed by atoms with E-state index in [1.165, 1.54) is 0 Å². The Labute approximate surface area is 91.6 Å². The Morgan fingerprint density at radius 3 is 2.94 bits per heavy atom. The number of nitrogens with two attached hydrogens (primary N) is 1. The fourth-order valence-corrected chi connectivity index (χ4v) is 1.08. The summed E-state index contributed by atoms with van der Waals surface area (Å²) in [5, 5.41) is 7.28. The monoisotopic (exact) mass is 224 g/mol. The van der Waals surface area contributed by atoms with Crippen LogP contribution in [0.25, 0.3) is 10.4 Å². The van der Waals surface area contributed by atoms with Crippen molar-refractivity contribution in [3.63, 3.8) is 0 Å². The van der Waals surface area contributed by atoms with Gasteiger partial charge >= 0.3 is 0 Å². The minimum absolute atomic E-state index is 0.0458. The number of amidine groups is 1. The van der Waals surface area contributed by atoms with Gasteiger partial charge in [0.1, 0.15) is 0 Å². The van der Waals surface area contributed by atoms with Crippen LogP contribution in [-0.4, -0.2) is 35.4 Å². The smallest absolute Gasteiger partial charge is 0.217 e. The van der Waals surface area contributed by atoms with E-state index in [2.05, 4.69) is 25.3 Å². The van der Waals surface area contributed by atoms with Crippen molar-refractivity contribution >= 4 is 18.1 Å². The summed E-state index contributed by atoms with van der Waals surface area (Å²) >= 11 is 0. The van der Waals surface area contributed by atoms with Gasteiger partial charge in [-0.2, -0.15) is 0 Å². The van der Waals surface area contributed by atoms with Gasteiger partial charge in [0, 0.05) is 11.0 Å². The first kappa shape index (κ1) is 12.1. The summed E-state index contributed by atoms with van der Waals surface area (Å²) in [4.78, 5) is 20.8. The van der Waals surface area contributed by atoms with E-state index in [0.717, 1.165) is 5.01 Å². The van der Waals surface area contributed by atoms with E-state index in [1.807, 2.05) is 13.8 Å². The van der Waals surface area contributed by atoms with Crippen LogP contribution in [0.15, 0.2) is 15.1 Å². The first-order valence-electron chi connectivity index (χ1n) is 4.55. The topological polar surface area (TPSA) is 132 Å². The highest BCUT2D eigenvalue weighted by Gasteiger charge is 2.23. The molecule has 1 rings (SSSR count). The zero-order chi connectivity index (χ0) is 12.1. The number of azide groups is 1. The molecule has 0 saturated carbocycles. The van der Waals surface area contributed by atoms with Crippen LogP contribution in [0.4, 0.5) is 0 Å². The van der Waals surface area contributed by atoms with Crippen molar-refractivity contribution in [1.29, 1.82) is 0 Å². The van der Waals surface area contributed by atoms with Gasteiger partial charge in [-0.05, 0) is 24.5 Å². The summed E-state index contributed by atoms with van der Waals surface area (Å²) in [5.74, 6) is 5.44. The minimum atomic E-state index is -0.668. The number of guanidine groups is 1. The second kappa shape index (κ2) is 5.21. The summed E-state index contributed by atoms with van der Waals surface area (Å²) in [6.07, 6.45) is -0.200. The first-order chi connectivity index (χ1) is 7.58. The average molecular weight is 224 g/mol. The van der Waals surface area contributed by atoms with Crippen LogP contribution < -0.4 is 11.2 Å². The van der Waals surface area contributed by atoms with Crippen molar-refractivity contribution in [1.82, 2.24) is 10.3 Å². The lowest BCUT2D eigenvalue weighted by molar-refractivity contribution is -0.103. The van der Waals surface area contributed by atoms with Crippen LogP contribution in [0.1, 0.15) is 13.8 Å². The number of hydrogen-bond acceptors (Lipinski definition) is 7. The van der Waals surface area contributed by atoms with Crippen molar-refractivity contribution in [2.75, 3.05) is 0 Å². The Hall–Kier alpha value is -1.96. The van der Waals surface area contributed by atoms with Crippen molar-refractivity contribution in [3.8, 4) is 0 Å². The Bertz CT molecular complexity index is 380.